The van der Waals surface area contributed by atoms with Crippen molar-refractivity contribution in [1.29, 1.82) is 0 Å². The normalized spacial score (nSPS) is 11.4. The second kappa shape index (κ2) is 13.0. The fourth-order valence-electron chi connectivity index (χ4n) is 8.01. The van der Waals surface area contributed by atoms with Crippen LogP contribution in [0.2, 0.25) is 0 Å². The molecule has 0 bridgehead atoms. The highest BCUT2D eigenvalue weighted by atomic mass is 14.9. The van der Waals surface area contributed by atoms with E-state index in [0.717, 1.165) is 11.4 Å². The van der Waals surface area contributed by atoms with Crippen LogP contribution in [0.3, 0.4) is 0 Å². The summed E-state index contributed by atoms with van der Waals surface area (Å²) >= 11 is 0. The molecule has 0 aliphatic carbocycles. The molecule has 0 radical (unpaired) electrons. The molecule has 0 amide bonds. The van der Waals surface area contributed by atoms with Crippen molar-refractivity contribution in [3.8, 4) is 44.5 Å². The lowest BCUT2D eigenvalue weighted by Gasteiger charge is -2.14. The number of fused-ring (bicyclic) bond motifs is 4. The van der Waals surface area contributed by atoms with Gasteiger partial charge in [-0.1, -0.05) is 170 Å². The quantitative estimate of drug-likeness (QED) is 0.185. The minimum absolute atomic E-state index is 1.05. The van der Waals surface area contributed by atoms with Crippen LogP contribution in [0, 0.1) is 0 Å². The van der Waals surface area contributed by atoms with Gasteiger partial charge in [-0.05, 0) is 124 Å². The minimum atomic E-state index is 1.05. The van der Waals surface area contributed by atoms with Gasteiger partial charge in [0.05, 0.1) is 0 Å². The van der Waals surface area contributed by atoms with Gasteiger partial charge in [-0.25, -0.2) is 0 Å². The maximum absolute atomic E-state index is 3.71. The van der Waals surface area contributed by atoms with Gasteiger partial charge in [-0.2, -0.15) is 0 Å². The smallest absolute Gasteiger partial charge is 0.0390 e. The molecule has 10 aromatic rings. The van der Waals surface area contributed by atoms with Crippen molar-refractivity contribution >= 4 is 54.5 Å². The van der Waals surface area contributed by atoms with E-state index >= 15 is 0 Å². The van der Waals surface area contributed by atoms with Gasteiger partial charge >= 0.3 is 0 Å². The van der Waals surface area contributed by atoms with E-state index in [2.05, 4.69) is 212 Å². The van der Waals surface area contributed by atoms with Crippen molar-refractivity contribution in [3.63, 3.8) is 0 Å². The van der Waals surface area contributed by atoms with Gasteiger partial charge in [0.2, 0.25) is 0 Å². The number of benzene rings is 10. The van der Waals surface area contributed by atoms with Crippen molar-refractivity contribution in [2.75, 3.05) is 5.32 Å². The third-order valence-corrected chi connectivity index (χ3v) is 10.6. The average Bonchev–Trinajstić information content (AvgIpc) is 3.22. The maximum atomic E-state index is 3.71. The molecule has 0 saturated heterocycles. The van der Waals surface area contributed by atoms with Gasteiger partial charge in [-0.15, -0.1) is 0 Å². The van der Waals surface area contributed by atoms with E-state index in [1.165, 1.54) is 87.6 Å². The van der Waals surface area contributed by atoms with Gasteiger partial charge in [0, 0.05) is 11.4 Å². The van der Waals surface area contributed by atoms with Crippen LogP contribution in [0.4, 0.5) is 11.4 Å². The van der Waals surface area contributed by atoms with E-state index in [0.29, 0.717) is 0 Å². The summed E-state index contributed by atoms with van der Waals surface area (Å²) in [5, 5.41) is 13.8. The molecular weight excluding hydrogens is 639 g/mol. The first-order chi connectivity index (χ1) is 26.2. The number of anilines is 2. The SMILES string of the molecule is c1cc(Nc2cccc(-c3ccc4cccc(-c5cccc6ccccc56)c4c3)c2)cc(-c2ccc3cccc(-c4cccc5ccccc45)c3c2)c1. The summed E-state index contributed by atoms with van der Waals surface area (Å²) in [4.78, 5) is 0. The largest absolute Gasteiger partial charge is 0.355 e. The molecule has 0 heterocycles. The molecule has 0 unspecified atom stereocenters. The van der Waals surface area contributed by atoms with Crippen molar-refractivity contribution in [2.45, 2.75) is 0 Å². The molecule has 0 saturated carbocycles. The third-order valence-electron chi connectivity index (χ3n) is 10.6. The molecule has 248 valence electrons. The Morgan fingerprint density at radius 3 is 1.02 bits per heavy atom. The second-order valence-corrected chi connectivity index (χ2v) is 13.8. The number of hydrogen-bond donors (Lipinski definition) is 1. The van der Waals surface area contributed by atoms with Crippen LogP contribution in [0.5, 0.6) is 0 Å². The molecule has 10 rings (SSSR count). The Morgan fingerprint density at radius 2 is 0.566 bits per heavy atom. The standard InChI is InChI=1S/C52H35N/c1-3-21-45-35(11-1)13-7-23-47(45)49-25-9-15-37-27-29-41(33-51(37)49)39-17-5-19-43(31-39)53-44-20-6-18-40(32-44)42-30-28-38-16-10-26-50(52(38)34-42)48-24-8-14-36-12-2-4-22-46(36)48/h1-34,53H. The fourth-order valence-corrected chi connectivity index (χ4v) is 8.01. The van der Waals surface area contributed by atoms with E-state index in [4.69, 9.17) is 0 Å². The van der Waals surface area contributed by atoms with Crippen LogP contribution in [-0.4, -0.2) is 0 Å². The molecule has 1 N–H and O–H groups in total. The van der Waals surface area contributed by atoms with Crippen LogP contribution < -0.4 is 5.32 Å². The Balaban J connectivity index is 0.979. The summed E-state index contributed by atoms with van der Waals surface area (Å²) in [6, 6.07) is 74.9. The third kappa shape index (κ3) is 5.69. The fraction of sp³-hybridized carbons (Fsp3) is 0. The summed E-state index contributed by atoms with van der Waals surface area (Å²) in [6.07, 6.45) is 0. The second-order valence-electron chi connectivity index (χ2n) is 13.8. The zero-order valence-electron chi connectivity index (χ0n) is 29.1. The summed E-state index contributed by atoms with van der Waals surface area (Å²) in [5.41, 5.74) is 11.9. The van der Waals surface area contributed by atoms with E-state index in [9.17, 15) is 0 Å². The summed E-state index contributed by atoms with van der Waals surface area (Å²) < 4.78 is 0. The average molecular weight is 674 g/mol. The Labute approximate surface area is 309 Å². The van der Waals surface area contributed by atoms with Crippen LogP contribution in [-0.2, 0) is 0 Å². The summed E-state index contributed by atoms with van der Waals surface area (Å²) in [7, 11) is 0. The Kier molecular flexibility index (Phi) is 7.55. The van der Waals surface area contributed by atoms with Gasteiger partial charge in [0.1, 0.15) is 0 Å². The van der Waals surface area contributed by atoms with Crippen LogP contribution in [0.15, 0.2) is 206 Å². The van der Waals surface area contributed by atoms with Crippen molar-refractivity contribution in [1.82, 2.24) is 0 Å². The number of rotatable bonds is 6. The lowest BCUT2D eigenvalue weighted by Crippen LogP contribution is -1.92. The lowest BCUT2D eigenvalue weighted by atomic mass is 9.92. The molecule has 0 atom stereocenters. The van der Waals surface area contributed by atoms with Gasteiger partial charge < -0.3 is 5.32 Å². The van der Waals surface area contributed by atoms with Crippen molar-refractivity contribution in [3.05, 3.63) is 206 Å². The molecule has 1 nitrogen and oxygen atoms in total. The molecule has 0 fully saturated rings. The maximum Gasteiger partial charge on any atom is 0.0390 e. The molecule has 0 aromatic heterocycles. The van der Waals surface area contributed by atoms with Gasteiger partial charge in [0.15, 0.2) is 0 Å². The number of hydrogen-bond acceptors (Lipinski definition) is 1. The first-order valence-electron chi connectivity index (χ1n) is 18.2. The first kappa shape index (κ1) is 30.8. The molecule has 0 aliphatic rings. The van der Waals surface area contributed by atoms with Crippen LogP contribution in [0.1, 0.15) is 0 Å². The van der Waals surface area contributed by atoms with Gasteiger partial charge in [0.25, 0.3) is 0 Å². The van der Waals surface area contributed by atoms with Crippen LogP contribution >= 0.6 is 0 Å². The van der Waals surface area contributed by atoms with E-state index in [1.54, 1.807) is 0 Å². The number of nitrogens with one attached hydrogen (secondary N) is 1. The van der Waals surface area contributed by atoms with Crippen molar-refractivity contribution in [2.24, 2.45) is 0 Å². The predicted molar refractivity (Wildman–Crippen MR) is 228 cm³/mol. The van der Waals surface area contributed by atoms with E-state index < -0.39 is 0 Å². The first-order valence-corrected chi connectivity index (χ1v) is 18.2. The Hall–Kier alpha value is -6.96. The highest BCUT2D eigenvalue weighted by molar-refractivity contribution is 6.08. The summed E-state index contributed by atoms with van der Waals surface area (Å²) in [5.74, 6) is 0. The highest BCUT2D eigenvalue weighted by Gasteiger charge is 2.12. The molecular formula is C52H35N. The summed E-state index contributed by atoms with van der Waals surface area (Å²) in [6.45, 7) is 0. The molecule has 53 heavy (non-hydrogen) atoms. The molecule has 1 heteroatoms. The Bertz CT molecular complexity index is 2770. The monoisotopic (exact) mass is 673 g/mol. The minimum Gasteiger partial charge on any atom is -0.355 e. The van der Waals surface area contributed by atoms with E-state index in [-0.39, 0.29) is 0 Å². The van der Waals surface area contributed by atoms with E-state index in [1.807, 2.05) is 0 Å². The highest BCUT2D eigenvalue weighted by Crippen LogP contribution is 2.38. The molecule has 10 aromatic carbocycles. The Morgan fingerprint density at radius 1 is 0.226 bits per heavy atom. The van der Waals surface area contributed by atoms with Crippen molar-refractivity contribution < 1.29 is 0 Å². The lowest BCUT2D eigenvalue weighted by molar-refractivity contribution is 1.54. The predicted octanol–water partition coefficient (Wildman–Crippen LogP) is 14.7. The van der Waals surface area contributed by atoms with Gasteiger partial charge in [-0.3, -0.25) is 0 Å². The topological polar surface area (TPSA) is 12.0 Å². The zero-order chi connectivity index (χ0) is 35.1. The van der Waals surface area contributed by atoms with Crippen LogP contribution in [0.25, 0.3) is 87.6 Å². The molecule has 0 spiro atoms. The molecule has 0 aliphatic heterocycles. The zero-order valence-corrected chi connectivity index (χ0v) is 29.1.